The highest BCUT2D eigenvalue weighted by Crippen LogP contribution is 2.35. The molecule has 0 radical (unpaired) electrons. The number of nitrogens with two attached hydrogens (primary N) is 1. The number of anilines is 2. The van der Waals surface area contributed by atoms with Crippen LogP contribution in [0, 0.1) is 10.1 Å². The number of aromatic nitrogens is 1. The number of nitro groups is 1. The number of hydrogen-bond acceptors (Lipinski definition) is 7. The summed E-state index contributed by atoms with van der Waals surface area (Å²) in [5, 5.41) is 13.9. The molecule has 9 heteroatoms. The standard InChI is InChI=1S/C17H14N4O3S2/c18-16-15(11-4-2-1-3-5-11)20-17(26-16)25-10-14(22)19-12-6-8-13(9-7-12)21(23)24/h1-9H,10,18H2,(H,19,22). The first-order valence-electron chi connectivity index (χ1n) is 7.52. The zero-order valence-electron chi connectivity index (χ0n) is 13.4. The number of hydrogen-bond donors (Lipinski definition) is 2. The molecule has 0 saturated carbocycles. The Morgan fingerprint density at radius 2 is 1.88 bits per heavy atom. The minimum Gasteiger partial charge on any atom is -0.389 e. The molecule has 26 heavy (non-hydrogen) atoms. The van der Waals surface area contributed by atoms with Gasteiger partial charge in [-0.15, -0.1) is 0 Å². The van der Waals surface area contributed by atoms with Gasteiger partial charge in [-0.1, -0.05) is 53.4 Å². The number of thiazole rings is 1. The summed E-state index contributed by atoms with van der Waals surface area (Å²) in [7, 11) is 0. The Labute approximate surface area is 157 Å². The molecule has 7 nitrogen and oxygen atoms in total. The minimum atomic E-state index is -0.487. The van der Waals surface area contributed by atoms with Crippen LogP contribution in [0.4, 0.5) is 16.4 Å². The predicted octanol–water partition coefficient (Wildman–Crippen LogP) is 4.03. The van der Waals surface area contributed by atoms with Gasteiger partial charge in [-0.2, -0.15) is 0 Å². The number of non-ortho nitro benzene ring substituents is 1. The average Bonchev–Trinajstić information content (AvgIpc) is 3.02. The van der Waals surface area contributed by atoms with E-state index in [1.165, 1.54) is 47.4 Å². The van der Waals surface area contributed by atoms with Crippen molar-refractivity contribution >= 4 is 45.4 Å². The lowest BCUT2D eigenvalue weighted by atomic mass is 10.2. The zero-order chi connectivity index (χ0) is 18.5. The highest BCUT2D eigenvalue weighted by atomic mass is 32.2. The lowest BCUT2D eigenvalue weighted by molar-refractivity contribution is -0.384. The largest absolute Gasteiger partial charge is 0.389 e. The molecule has 0 bridgehead atoms. The second kappa shape index (κ2) is 7.98. The molecule has 0 aliphatic heterocycles. The number of benzene rings is 2. The molecule has 1 aromatic heterocycles. The molecule has 0 fully saturated rings. The molecule has 0 aliphatic rings. The second-order valence-corrected chi connectivity index (χ2v) is 7.45. The average molecular weight is 386 g/mol. The maximum atomic E-state index is 12.0. The maximum absolute atomic E-state index is 12.0. The SMILES string of the molecule is Nc1sc(SCC(=O)Nc2ccc([N+](=O)[O-])cc2)nc1-c1ccccc1. The number of nitrogen functional groups attached to an aromatic ring is 1. The van der Waals surface area contributed by atoms with E-state index in [1.54, 1.807) is 0 Å². The molecule has 1 heterocycles. The van der Waals surface area contributed by atoms with Crippen molar-refractivity contribution in [2.75, 3.05) is 16.8 Å². The minimum absolute atomic E-state index is 0.0240. The first-order valence-corrected chi connectivity index (χ1v) is 9.32. The van der Waals surface area contributed by atoms with Gasteiger partial charge in [0.25, 0.3) is 5.69 Å². The summed E-state index contributed by atoms with van der Waals surface area (Å²) < 4.78 is 0.709. The molecular formula is C17H14N4O3S2. The number of thioether (sulfide) groups is 1. The van der Waals surface area contributed by atoms with Crippen LogP contribution >= 0.6 is 23.1 Å². The topological polar surface area (TPSA) is 111 Å². The molecular weight excluding hydrogens is 372 g/mol. The van der Waals surface area contributed by atoms with E-state index in [2.05, 4.69) is 10.3 Å². The summed E-state index contributed by atoms with van der Waals surface area (Å²) in [6, 6.07) is 15.3. The van der Waals surface area contributed by atoms with E-state index in [-0.39, 0.29) is 17.3 Å². The van der Waals surface area contributed by atoms with Crippen LogP contribution in [0.2, 0.25) is 0 Å². The van der Waals surface area contributed by atoms with Crippen molar-refractivity contribution in [3.05, 3.63) is 64.7 Å². The van der Waals surface area contributed by atoms with Crippen LogP contribution in [0.1, 0.15) is 0 Å². The van der Waals surface area contributed by atoms with E-state index < -0.39 is 4.92 Å². The smallest absolute Gasteiger partial charge is 0.269 e. The van der Waals surface area contributed by atoms with Crippen LogP contribution in [0.25, 0.3) is 11.3 Å². The highest BCUT2D eigenvalue weighted by molar-refractivity contribution is 8.01. The van der Waals surface area contributed by atoms with Crippen molar-refractivity contribution in [3.8, 4) is 11.3 Å². The molecule has 2 aromatic carbocycles. The summed E-state index contributed by atoms with van der Waals surface area (Å²) in [4.78, 5) is 26.7. The third-order valence-corrected chi connectivity index (χ3v) is 5.40. The van der Waals surface area contributed by atoms with Crippen molar-refractivity contribution in [2.24, 2.45) is 0 Å². The summed E-state index contributed by atoms with van der Waals surface area (Å²) in [5.41, 5.74) is 8.16. The first kappa shape index (κ1) is 17.9. The van der Waals surface area contributed by atoms with Crippen LogP contribution in [0.5, 0.6) is 0 Å². The van der Waals surface area contributed by atoms with E-state index in [0.29, 0.717) is 20.7 Å². The van der Waals surface area contributed by atoms with Gasteiger partial charge in [0.15, 0.2) is 4.34 Å². The molecule has 0 saturated heterocycles. The lowest BCUT2D eigenvalue weighted by Crippen LogP contribution is -2.13. The molecule has 0 unspecified atom stereocenters. The van der Waals surface area contributed by atoms with Gasteiger partial charge in [0.1, 0.15) is 10.7 Å². The Morgan fingerprint density at radius 1 is 1.19 bits per heavy atom. The zero-order valence-corrected chi connectivity index (χ0v) is 15.0. The number of carbonyl (C=O) groups is 1. The molecule has 3 aromatic rings. The van der Waals surface area contributed by atoms with Crippen molar-refractivity contribution in [1.29, 1.82) is 0 Å². The molecule has 1 amide bonds. The van der Waals surface area contributed by atoms with Gasteiger partial charge < -0.3 is 11.1 Å². The number of nitrogens with zero attached hydrogens (tertiary/aromatic N) is 2. The molecule has 0 aliphatic carbocycles. The van der Waals surface area contributed by atoms with Crippen LogP contribution in [-0.2, 0) is 4.79 Å². The fourth-order valence-electron chi connectivity index (χ4n) is 2.17. The highest BCUT2D eigenvalue weighted by Gasteiger charge is 2.13. The van der Waals surface area contributed by atoms with Gasteiger partial charge in [-0.05, 0) is 12.1 Å². The van der Waals surface area contributed by atoms with E-state index in [4.69, 9.17) is 5.73 Å². The first-order chi connectivity index (χ1) is 12.5. The van der Waals surface area contributed by atoms with Gasteiger partial charge in [0.05, 0.1) is 10.7 Å². The Morgan fingerprint density at radius 3 is 2.54 bits per heavy atom. The fraction of sp³-hybridized carbons (Fsp3) is 0.0588. The second-order valence-electron chi connectivity index (χ2n) is 5.20. The van der Waals surface area contributed by atoms with Crippen LogP contribution in [-0.4, -0.2) is 21.6 Å². The monoisotopic (exact) mass is 386 g/mol. The molecule has 3 N–H and O–H groups in total. The van der Waals surface area contributed by atoms with E-state index in [0.717, 1.165) is 5.56 Å². The molecule has 0 atom stereocenters. The maximum Gasteiger partial charge on any atom is 0.269 e. The van der Waals surface area contributed by atoms with Crippen LogP contribution < -0.4 is 11.1 Å². The van der Waals surface area contributed by atoms with E-state index in [9.17, 15) is 14.9 Å². The van der Waals surface area contributed by atoms with E-state index in [1.807, 2.05) is 30.3 Å². The van der Waals surface area contributed by atoms with Crippen molar-refractivity contribution in [1.82, 2.24) is 4.98 Å². The summed E-state index contributed by atoms with van der Waals surface area (Å²) in [5.74, 6) is -0.0584. The Bertz CT molecular complexity index is 927. The lowest BCUT2D eigenvalue weighted by Gasteiger charge is -2.03. The van der Waals surface area contributed by atoms with Gasteiger partial charge in [0.2, 0.25) is 5.91 Å². The predicted molar refractivity (Wildman–Crippen MR) is 104 cm³/mol. The van der Waals surface area contributed by atoms with Crippen molar-refractivity contribution in [2.45, 2.75) is 4.34 Å². The third kappa shape index (κ3) is 4.38. The number of rotatable bonds is 6. The number of carbonyl (C=O) groups excluding carboxylic acids is 1. The van der Waals surface area contributed by atoms with Crippen molar-refractivity contribution in [3.63, 3.8) is 0 Å². The van der Waals surface area contributed by atoms with Crippen LogP contribution in [0.15, 0.2) is 58.9 Å². The van der Waals surface area contributed by atoms with E-state index >= 15 is 0 Å². The summed E-state index contributed by atoms with van der Waals surface area (Å²) in [6.45, 7) is 0. The Hall–Kier alpha value is -2.91. The fourth-order valence-corrected chi connectivity index (χ4v) is 3.92. The summed E-state index contributed by atoms with van der Waals surface area (Å²) >= 11 is 2.63. The third-order valence-electron chi connectivity index (χ3n) is 3.37. The van der Waals surface area contributed by atoms with Gasteiger partial charge in [0, 0.05) is 23.4 Å². The number of nitrogens with one attached hydrogen (secondary N) is 1. The Balaban J connectivity index is 1.59. The van der Waals surface area contributed by atoms with Crippen molar-refractivity contribution < 1.29 is 9.72 Å². The summed E-state index contributed by atoms with van der Waals surface area (Å²) in [6.07, 6.45) is 0. The molecule has 3 rings (SSSR count). The van der Waals surface area contributed by atoms with Gasteiger partial charge in [-0.25, -0.2) is 4.98 Å². The molecule has 132 valence electrons. The van der Waals surface area contributed by atoms with Crippen LogP contribution in [0.3, 0.4) is 0 Å². The quantitative estimate of drug-likeness (QED) is 0.376. The number of amides is 1. The molecule has 0 spiro atoms. The number of nitro benzene ring substituents is 1. The normalized spacial score (nSPS) is 10.5. The van der Waals surface area contributed by atoms with Gasteiger partial charge in [-0.3, -0.25) is 14.9 Å². The Kier molecular flexibility index (Phi) is 5.49. The van der Waals surface area contributed by atoms with Gasteiger partial charge >= 0.3 is 0 Å².